The highest BCUT2D eigenvalue weighted by Crippen LogP contribution is 2.31. The first-order chi connectivity index (χ1) is 9.58. The third kappa shape index (κ3) is 2.21. The molecule has 20 heavy (non-hydrogen) atoms. The molecule has 0 unspecified atom stereocenters. The van der Waals surface area contributed by atoms with Crippen molar-refractivity contribution in [2.24, 2.45) is 0 Å². The number of halogens is 2. The van der Waals surface area contributed by atoms with Crippen LogP contribution >= 0.6 is 27.5 Å². The van der Waals surface area contributed by atoms with Crippen molar-refractivity contribution < 1.29 is 0 Å². The Morgan fingerprint density at radius 2 is 1.60 bits per heavy atom. The lowest BCUT2D eigenvalue weighted by molar-refractivity contribution is 1.20. The lowest BCUT2D eigenvalue weighted by atomic mass is 10.0. The summed E-state index contributed by atoms with van der Waals surface area (Å²) in [6.45, 7) is 4.12. The number of hydrogen-bond donors (Lipinski definition) is 0. The molecule has 0 aliphatic heterocycles. The van der Waals surface area contributed by atoms with E-state index >= 15 is 0 Å². The quantitative estimate of drug-likeness (QED) is 0.556. The molecule has 4 heteroatoms. The predicted molar refractivity (Wildman–Crippen MR) is 87.2 cm³/mol. The first-order valence-corrected chi connectivity index (χ1v) is 7.43. The van der Waals surface area contributed by atoms with Gasteiger partial charge < -0.3 is 0 Å². The normalized spacial score (nSPS) is 11.0. The molecule has 0 aliphatic rings. The molecule has 2 nitrogen and oxygen atoms in total. The zero-order valence-electron chi connectivity index (χ0n) is 11.1. The van der Waals surface area contributed by atoms with Gasteiger partial charge in [0.2, 0.25) is 0 Å². The minimum Gasteiger partial charge on any atom is -0.227 e. The van der Waals surface area contributed by atoms with E-state index in [2.05, 4.69) is 51.9 Å². The zero-order chi connectivity index (χ0) is 14.3. The molecule has 1 heterocycles. The van der Waals surface area contributed by atoms with Crippen LogP contribution in [0.3, 0.4) is 0 Å². The number of benzene rings is 2. The predicted octanol–water partition coefficient (Wildman–Crippen LogP) is 5.33. The van der Waals surface area contributed by atoms with Gasteiger partial charge >= 0.3 is 0 Å². The van der Waals surface area contributed by atoms with Crippen molar-refractivity contribution >= 4 is 38.4 Å². The first kappa shape index (κ1) is 13.5. The van der Waals surface area contributed by atoms with Gasteiger partial charge in [-0.3, -0.25) is 0 Å². The van der Waals surface area contributed by atoms with E-state index in [1.165, 1.54) is 0 Å². The second kappa shape index (κ2) is 5.15. The van der Waals surface area contributed by atoms with Gasteiger partial charge in [-0.05, 0) is 53.0 Å². The Labute approximate surface area is 131 Å². The summed E-state index contributed by atoms with van der Waals surface area (Å²) in [5.74, 6) is 0.671. The van der Waals surface area contributed by atoms with Gasteiger partial charge in [0, 0.05) is 15.4 Å². The van der Waals surface area contributed by atoms with Crippen LogP contribution in [-0.4, -0.2) is 9.97 Å². The number of aromatic nitrogens is 2. The van der Waals surface area contributed by atoms with Crippen LogP contribution in [0.15, 0.2) is 40.9 Å². The average molecular weight is 348 g/mol. The Hall–Kier alpha value is -1.45. The summed E-state index contributed by atoms with van der Waals surface area (Å²) in [5.41, 5.74) is 4.18. The molecule has 1 aromatic heterocycles. The highest BCUT2D eigenvalue weighted by molar-refractivity contribution is 9.10. The van der Waals surface area contributed by atoms with Crippen LogP contribution in [0.1, 0.15) is 11.1 Å². The van der Waals surface area contributed by atoms with Gasteiger partial charge in [-0.2, -0.15) is 0 Å². The number of aryl methyl sites for hydroxylation is 2. The molecule has 0 saturated heterocycles. The molecular formula is C16H12BrClN2. The van der Waals surface area contributed by atoms with Crippen molar-refractivity contribution in [1.82, 2.24) is 9.97 Å². The molecule has 100 valence electrons. The van der Waals surface area contributed by atoms with Crippen LogP contribution in [0.2, 0.25) is 5.15 Å². The van der Waals surface area contributed by atoms with E-state index in [0.717, 1.165) is 32.1 Å². The monoisotopic (exact) mass is 346 g/mol. The largest absolute Gasteiger partial charge is 0.227 e. The van der Waals surface area contributed by atoms with Crippen molar-refractivity contribution in [2.45, 2.75) is 13.8 Å². The second-order valence-electron chi connectivity index (χ2n) is 4.74. The molecule has 3 aromatic rings. The summed E-state index contributed by atoms with van der Waals surface area (Å²) < 4.78 is 0.923. The summed E-state index contributed by atoms with van der Waals surface area (Å²) in [4.78, 5) is 9.15. The molecule has 2 aromatic carbocycles. The number of hydrogen-bond acceptors (Lipinski definition) is 2. The van der Waals surface area contributed by atoms with E-state index in [4.69, 9.17) is 11.6 Å². The standard InChI is InChI=1S/C16H12BrClN2/c1-9-5-3-6-10(2)13(9)16-19-14-11(15(18)20-16)7-4-8-12(14)17/h3-8H,1-2H3. The lowest BCUT2D eigenvalue weighted by Crippen LogP contribution is -1.96. The van der Waals surface area contributed by atoms with E-state index < -0.39 is 0 Å². The van der Waals surface area contributed by atoms with Crippen molar-refractivity contribution in [2.75, 3.05) is 0 Å². The molecule has 0 radical (unpaired) electrons. The Morgan fingerprint density at radius 1 is 0.950 bits per heavy atom. The fourth-order valence-electron chi connectivity index (χ4n) is 2.36. The van der Waals surface area contributed by atoms with Crippen LogP contribution in [-0.2, 0) is 0 Å². The van der Waals surface area contributed by atoms with Crippen LogP contribution in [0, 0.1) is 13.8 Å². The van der Waals surface area contributed by atoms with Crippen molar-refractivity contribution in [3.8, 4) is 11.4 Å². The van der Waals surface area contributed by atoms with Crippen LogP contribution < -0.4 is 0 Å². The fourth-order valence-corrected chi connectivity index (χ4v) is 3.05. The summed E-state index contributed by atoms with van der Waals surface area (Å²) in [6.07, 6.45) is 0. The van der Waals surface area contributed by atoms with Gasteiger partial charge in [-0.15, -0.1) is 0 Å². The molecule has 3 rings (SSSR count). The molecule has 0 bridgehead atoms. The maximum absolute atomic E-state index is 6.32. The molecule has 0 amide bonds. The molecule has 0 N–H and O–H groups in total. The average Bonchev–Trinajstić information content (AvgIpc) is 2.40. The third-order valence-corrected chi connectivity index (χ3v) is 4.26. The minimum atomic E-state index is 0.481. The van der Waals surface area contributed by atoms with E-state index in [0.29, 0.717) is 11.0 Å². The number of para-hydroxylation sites is 1. The summed E-state index contributed by atoms with van der Waals surface area (Å²) in [6, 6.07) is 12.0. The summed E-state index contributed by atoms with van der Waals surface area (Å²) in [5, 5.41) is 1.34. The van der Waals surface area contributed by atoms with E-state index in [-0.39, 0.29) is 0 Å². The molecule has 0 spiro atoms. The smallest absolute Gasteiger partial charge is 0.162 e. The molecule has 0 atom stereocenters. The van der Waals surface area contributed by atoms with Gasteiger partial charge in [0.05, 0.1) is 5.52 Å². The van der Waals surface area contributed by atoms with Gasteiger partial charge in [-0.1, -0.05) is 35.9 Å². The van der Waals surface area contributed by atoms with Crippen molar-refractivity contribution in [1.29, 1.82) is 0 Å². The van der Waals surface area contributed by atoms with E-state index in [9.17, 15) is 0 Å². The van der Waals surface area contributed by atoms with E-state index in [1.807, 2.05) is 24.3 Å². The summed E-state index contributed by atoms with van der Waals surface area (Å²) >= 11 is 9.84. The highest BCUT2D eigenvalue weighted by Gasteiger charge is 2.13. The Kier molecular flexibility index (Phi) is 3.48. The SMILES string of the molecule is Cc1cccc(C)c1-c1nc(Cl)c2cccc(Br)c2n1. The first-order valence-electron chi connectivity index (χ1n) is 6.26. The van der Waals surface area contributed by atoms with Gasteiger partial charge in [0.15, 0.2) is 5.82 Å². The van der Waals surface area contributed by atoms with Gasteiger partial charge in [0.1, 0.15) is 5.15 Å². The van der Waals surface area contributed by atoms with Crippen LogP contribution in [0.25, 0.3) is 22.3 Å². The highest BCUT2D eigenvalue weighted by atomic mass is 79.9. The number of fused-ring (bicyclic) bond motifs is 1. The maximum atomic E-state index is 6.32. The van der Waals surface area contributed by atoms with Gasteiger partial charge in [-0.25, -0.2) is 9.97 Å². The zero-order valence-corrected chi connectivity index (χ0v) is 13.5. The Bertz CT molecular complexity index is 795. The minimum absolute atomic E-state index is 0.481. The number of nitrogens with zero attached hydrogens (tertiary/aromatic N) is 2. The molecule has 0 fully saturated rings. The van der Waals surface area contributed by atoms with Crippen LogP contribution in [0.5, 0.6) is 0 Å². The van der Waals surface area contributed by atoms with Crippen LogP contribution in [0.4, 0.5) is 0 Å². The van der Waals surface area contributed by atoms with E-state index in [1.54, 1.807) is 0 Å². The second-order valence-corrected chi connectivity index (χ2v) is 5.95. The van der Waals surface area contributed by atoms with Gasteiger partial charge in [0.25, 0.3) is 0 Å². The van der Waals surface area contributed by atoms with Crippen molar-refractivity contribution in [3.63, 3.8) is 0 Å². The lowest BCUT2D eigenvalue weighted by Gasteiger charge is -2.10. The topological polar surface area (TPSA) is 25.8 Å². The third-order valence-electron chi connectivity index (χ3n) is 3.34. The fraction of sp³-hybridized carbons (Fsp3) is 0.125. The Morgan fingerprint density at radius 3 is 2.30 bits per heavy atom. The molecular weight excluding hydrogens is 336 g/mol. The Balaban J connectivity index is 2.36. The molecule has 0 saturated carbocycles. The van der Waals surface area contributed by atoms with Crippen molar-refractivity contribution in [3.05, 3.63) is 57.2 Å². The number of rotatable bonds is 1. The maximum Gasteiger partial charge on any atom is 0.162 e. The molecule has 0 aliphatic carbocycles. The summed E-state index contributed by atoms with van der Waals surface area (Å²) in [7, 11) is 0.